The number of hydrogen-bond donors (Lipinski definition) is 1. The van der Waals surface area contributed by atoms with Crippen molar-refractivity contribution in [2.24, 2.45) is 5.73 Å². The van der Waals surface area contributed by atoms with Crippen molar-refractivity contribution < 1.29 is 14.3 Å². The second-order valence-electron chi connectivity index (χ2n) is 9.73. The summed E-state index contributed by atoms with van der Waals surface area (Å²) in [6, 6.07) is 16.9. The van der Waals surface area contributed by atoms with Crippen LogP contribution in [0, 0.1) is 0 Å². The van der Waals surface area contributed by atoms with Gasteiger partial charge in [0, 0.05) is 49.0 Å². The highest BCUT2D eigenvalue weighted by atomic mass is 35.5. The molecular weight excluding hydrogens is 474 g/mol. The van der Waals surface area contributed by atoms with Gasteiger partial charge in [-0.1, -0.05) is 29.8 Å². The zero-order chi connectivity index (χ0) is 24.6. The van der Waals surface area contributed by atoms with Crippen molar-refractivity contribution in [3.63, 3.8) is 0 Å². The number of anilines is 1. The Kier molecular flexibility index (Phi) is 6.44. The summed E-state index contributed by atoms with van der Waals surface area (Å²) >= 11 is 6.73. The highest BCUT2D eigenvalue weighted by molar-refractivity contribution is 6.31. The van der Waals surface area contributed by atoms with E-state index in [-0.39, 0.29) is 0 Å². The number of hydrogen-bond acceptors (Lipinski definition) is 5. The van der Waals surface area contributed by atoms with Gasteiger partial charge in [-0.2, -0.15) is 0 Å². The quantitative estimate of drug-likeness (QED) is 0.438. The molecule has 0 atom stereocenters. The molecule has 0 radical (unpaired) electrons. The zero-order valence-corrected chi connectivity index (χ0v) is 21.0. The van der Waals surface area contributed by atoms with Gasteiger partial charge in [-0.15, -0.1) is 0 Å². The molecule has 2 N–H and O–H groups in total. The van der Waals surface area contributed by atoms with Gasteiger partial charge in [0.1, 0.15) is 0 Å². The second kappa shape index (κ2) is 9.87. The number of rotatable bonds is 5. The number of halogens is 1. The molecule has 186 valence electrons. The molecule has 3 aromatic rings. The Bertz CT molecular complexity index is 1310. The first-order valence-electron chi connectivity index (χ1n) is 12.6. The van der Waals surface area contributed by atoms with Crippen LogP contribution in [0.1, 0.15) is 27.0 Å². The molecule has 3 aliphatic rings. The Morgan fingerprint density at radius 3 is 2.33 bits per heavy atom. The summed E-state index contributed by atoms with van der Waals surface area (Å²) in [6.07, 6.45) is 0.709. The molecule has 2 saturated heterocycles. The van der Waals surface area contributed by atoms with Gasteiger partial charge in [-0.05, 0) is 75.7 Å². The lowest BCUT2D eigenvalue weighted by Crippen LogP contribution is -2.36. The summed E-state index contributed by atoms with van der Waals surface area (Å²) in [5.41, 5.74) is 15.2. The number of nitrogens with zero attached hydrogens (tertiary/aromatic N) is 2. The third-order valence-corrected chi connectivity index (χ3v) is 7.87. The Morgan fingerprint density at radius 2 is 1.61 bits per heavy atom. The highest BCUT2D eigenvalue weighted by Gasteiger charge is 2.26. The minimum absolute atomic E-state index is 0.399. The minimum atomic E-state index is -0.399. The van der Waals surface area contributed by atoms with Gasteiger partial charge in [0.05, 0.1) is 26.4 Å². The molecule has 1 amide bonds. The van der Waals surface area contributed by atoms with Crippen molar-refractivity contribution in [3.05, 3.63) is 75.8 Å². The predicted octanol–water partition coefficient (Wildman–Crippen LogP) is 4.35. The van der Waals surface area contributed by atoms with E-state index in [2.05, 4.69) is 46.2 Å². The molecule has 0 bridgehead atoms. The molecule has 36 heavy (non-hydrogen) atoms. The normalized spacial score (nSPS) is 17.6. The predicted molar refractivity (Wildman–Crippen MR) is 143 cm³/mol. The highest BCUT2D eigenvalue weighted by Crippen LogP contribution is 2.43. The number of amides is 1. The molecule has 0 spiro atoms. The Labute approximate surface area is 216 Å². The fraction of sp³-hybridized carbons (Fsp3) is 0.345. The molecule has 2 fully saturated rings. The SMILES string of the molecule is NC(=O)c1cc(-c2ccc(CN3CCOCC3)c(Cl)c2)cc2c1Cc1cc(N3CCOCC3)ccc1-2. The first kappa shape index (κ1) is 23.5. The molecular formula is C29H30ClN3O3. The van der Waals surface area contributed by atoms with Crippen molar-refractivity contribution in [3.8, 4) is 22.3 Å². The average molecular weight is 504 g/mol. The first-order chi connectivity index (χ1) is 17.6. The van der Waals surface area contributed by atoms with Gasteiger partial charge in [0.25, 0.3) is 0 Å². The van der Waals surface area contributed by atoms with Crippen LogP contribution in [-0.2, 0) is 22.4 Å². The topological polar surface area (TPSA) is 68.0 Å². The summed E-state index contributed by atoms with van der Waals surface area (Å²) in [7, 11) is 0. The standard InChI is InChI=1S/C29H30ClN3O3/c30-28-17-19(1-2-20(28)18-32-5-9-35-10-6-32)21-14-25-24-4-3-23(33-7-11-36-12-8-33)13-22(24)16-26(25)27(15-21)29(31)34/h1-4,13-15,17H,5-12,16,18H2,(H2,31,34). The molecule has 0 unspecified atom stereocenters. The van der Waals surface area contributed by atoms with Crippen LogP contribution in [0.15, 0.2) is 48.5 Å². The number of ether oxygens (including phenoxy) is 2. The third-order valence-electron chi connectivity index (χ3n) is 7.52. The number of fused-ring (bicyclic) bond motifs is 3. The van der Waals surface area contributed by atoms with Crippen molar-refractivity contribution in [1.29, 1.82) is 0 Å². The summed E-state index contributed by atoms with van der Waals surface area (Å²) in [5, 5.41) is 0.732. The van der Waals surface area contributed by atoms with Crippen molar-refractivity contribution >= 4 is 23.2 Å². The van der Waals surface area contributed by atoms with E-state index in [1.54, 1.807) is 0 Å². The summed E-state index contributed by atoms with van der Waals surface area (Å²) in [4.78, 5) is 17.2. The van der Waals surface area contributed by atoms with Crippen LogP contribution in [0.2, 0.25) is 5.02 Å². The van der Waals surface area contributed by atoms with Crippen LogP contribution in [-0.4, -0.2) is 63.4 Å². The van der Waals surface area contributed by atoms with E-state index in [4.69, 9.17) is 26.8 Å². The molecule has 7 heteroatoms. The molecule has 2 heterocycles. The summed E-state index contributed by atoms with van der Waals surface area (Å²) in [6.45, 7) is 7.44. The summed E-state index contributed by atoms with van der Waals surface area (Å²) < 4.78 is 11.0. The van der Waals surface area contributed by atoms with Gasteiger partial charge in [0.2, 0.25) is 5.91 Å². The Hall–Kier alpha value is -2.90. The maximum Gasteiger partial charge on any atom is 0.249 e. The average Bonchev–Trinajstić information content (AvgIpc) is 3.28. The van der Waals surface area contributed by atoms with Crippen LogP contribution < -0.4 is 10.6 Å². The van der Waals surface area contributed by atoms with Gasteiger partial charge >= 0.3 is 0 Å². The van der Waals surface area contributed by atoms with Crippen LogP contribution >= 0.6 is 11.6 Å². The van der Waals surface area contributed by atoms with Crippen molar-refractivity contribution in [1.82, 2.24) is 4.90 Å². The van der Waals surface area contributed by atoms with Crippen LogP contribution in [0.3, 0.4) is 0 Å². The molecule has 0 saturated carbocycles. The van der Waals surface area contributed by atoms with Crippen molar-refractivity contribution in [2.45, 2.75) is 13.0 Å². The lowest BCUT2D eigenvalue weighted by atomic mass is 9.93. The van der Waals surface area contributed by atoms with E-state index in [0.717, 1.165) is 92.0 Å². The molecule has 0 aromatic heterocycles. The summed E-state index contributed by atoms with van der Waals surface area (Å²) in [5.74, 6) is -0.399. The van der Waals surface area contributed by atoms with E-state index >= 15 is 0 Å². The number of primary amides is 1. The van der Waals surface area contributed by atoms with Crippen molar-refractivity contribution in [2.75, 3.05) is 57.5 Å². The number of benzene rings is 3. The van der Waals surface area contributed by atoms with E-state index in [1.807, 2.05) is 12.1 Å². The van der Waals surface area contributed by atoms with E-state index < -0.39 is 5.91 Å². The lowest BCUT2D eigenvalue weighted by Gasteiger charge is -2.29. The molecule has 1 aliphatic carbocycles. The fourth-order valence-corrected chi connectivity index (χ4v) is 5.78. The molecule has 2 aliphatic heterocycles. The monoisotopic (exact) mass is 503 g/mol. The fourth-order valence-electron chi connectivity index (χ4n) is 5.54. The van der Waals surface area contributed by atoms with Gasteiger partial charge in [-0.3, -0.25) is 9.69 Å². The van der Waals surface area contributed by atoms with Gasteiger partial charge in [0.15, 0.2) is 0 Å². The van der Waals surface area contributed by atoms with Gasteiger partial charge in [-0.25, -0.2) is 0 Å². The van der Waals surface area contributed by atoms with E-state index in [0.29, 0.717) is 12.0 Å². The van der Waals surface area contributed by atoms with E-state index in [1.165, 1.54) is 16.8 Å². The van der Waals surface area contributed by atoms with Gasteiger partial charge < -0.3 is 20.1 Å². The van der Waals surface area contributed by atoms with E-state index in [9.17, 15) is 4.79 Å². The Morgan fingerprint density at radius 1 is 0.861 bits per heavy atom. The third kappa shape index (κ3) is 4.50. The number of morpholine rings is 2. The first-order valence-corrected chi connectivity index (χ1v) is 13.0. The zero-order valence-electron chi connectivity index (χ0n) is 20.3. The lowest BCUT2D eigenvalue weighted by molar-refractivity contribution is 0.0342. The molecule has 3 aromatic carbocycles. The molecule has 6 rings (SSSR count). The number of carbonyl (C=O) groups excluding carboxylic acids is 1. The molecule has 6 nitrogen and oxygen atoms in total. The van der Waals surface area contributed by atoms with Crippen LogP contribution in [0.4, 0.5) is 5.69 Å². The maximum absolute atomic E-state index is 12.5. The largest absolute Gasteiger partial charge is 0.379 e. The number of carbonyl (C=O) groups is 1. The second-order valence-corrected chi connectivity index (χ2v) is 10.1. The van der Waals surface area contributed by atoms with Crippen LogP contribution in [0.25, 0.3) is 22.3 Å². The smallest absolute Gasteiger partial charge is 0.249 e. The van der Waals surface area contributed by atoms with Crippen LogP contribution in [0.5, 0.6) is 0 Å². The number of nitrogens with two attached hydrogens (primary N) is 1. The minimum Gasteiger partial charge on any atom is -0.379 e. The Balaban J connectivity index is 1.33. The maximum atomic E-state index is 12.5.